The molecular formula is C18H18Br2N2O3. The highest BCUT2D eigenvalue weighted by molar-refractivity contribution is 9.10. The van der Waals surface area contributed by atoms with Crippen LogP contribution >= 0.6 is 31.9 Å². The summed E-state index contributed by atoms with van der Waals surface area (Å²) >= 11 is 6.83. The van der Waals surface area contributed by atoms with Crippen molar-refractivity contribution in [2.24, 2.45) is 5.10 Å². The third-order valence-electron chi connectivity index (χ3n) is 3.32. The molecule has 5 nitrogen and oxygen atoms in total. The van der Waals surface area contributed by atoms with E-state index < -0.39 is 6.10 Å². The number of hydrazone groups is 1. The van der Waals surface area contributed by atoms with Gasteiger partial charge in [-0.05, 0) is 87.2 Å². The highest BCUT2D eigenvalue weighted by atomic mass is 79.9. The SMILES string of the molecule is COc1ccc(C=NNC(=O)C(C)Oc2ccc(C)cc2Br)cc1Br. The van der Waals surface area contributed by atoms with Crippen molar-refractivity contribution in [2.75, 3.05) is 7.11 Å². The average Bonchev–Trinajstić information content (AvgIpc) is 2.57. The van der Waals surface area contributed by atoms with Crippen LogP contribution in [0.15, 0.2) is 50.4 Å². The maximum absolute atomic E-state index is 12.1. The molecule has 1 amide bonds. The minimum atomic E-state index is -0.682. The van der Waals surface area contributed by atoms with Crippen molar-refractivity contribution < 1.29 is 14.3 Å². The fourth-order valence-corrected chi connectivity index (χ4v) is 3.11. The Hall–Kier alpha value is -1.86. The second-order valence-electron chi connectivity index (χ2n) is 5.32. The summed E-state index contributed by atoms with van der Waals surface area (Å²) in [6, 6.07) is 11.2. The van der Waals surface area contributed by atoms with Gasteiger partial charge in [-0.1, -0.05) is 6.07 Å². The first-order chi connectivity index (χ1) is 11.9. The molecule has 2 aromatic carbocycles. The summed E-state index contributed by atoms with van der Waals surface area (Å²) in [6.07, 6.45) is 0.870. The normalized spacial score (nSPS) is 12.0. The van der Waals surface area contributed by atoms with E-state index in [1.807, 2.05) is 43.3 Å². The maximum atomic E-state index is 12.1. The first kappa shape index (κ1) is 19.5. The standard InChI is InChI=1S/C18H18Br2N2O3/c1-11-4-6-17(14(19)8-11)25-12(2)18(23)22-21-10-13-5-7-16(24-3)15(20)9-13/h4-10,12H,1-3H3,(H,22,23). The molecule has 0 aliphatic rings. The second-order valence-corrected chi connectivity index (χ2v) is 7.03. The molecule has 0 aliphatic carbocycles. The maximum Gasteiger partial charge on any atom is 0.280 e. The number of aryl methyl sites for hydroxylation is 1. The zero-order chi connectivity index (χ0) is 18.4. The van der Waals surface area contributed by atoms with E-state index in [9.17, 15) is 4.79 Å². The van der Waals surface area contributed by atoms with E-state index in [-0.39, 0.29) is 5.91 Å². The van der Waals surface area contributed by atoms with Gasteiger partial charge in [0.05, 0.1) is 22.3 Å². The van der Waals surface area contributed by atoms with Crippen molar-refractivity contribution in [2.45, 2.75) is 20.0 Å². The van der Waals surface area contributed by atoms with Gasteiger partial charge in [-0.3, -0.25) is 4.79 Å². The number of nitrogens with one attached hydrogen (secondary N) is 1. The van der Waals surface area contributed by atoms with Crippen LogP contribution in [0.25, 0.3) is 0 Å². The van der Waals surface area contributed by atoms with Crippen LogP contribution in [0.5, 0.6) is 11.5 Å². The molecule has 2 rings (SSSR count). The minimum Gasteiger partial charge on any atom is -0.496 e. The number of amides is 1. The zero-order valence-electron chi connectivity index (χ0n) is 14.0. The topological polar surface area (TPSA) is 59.9 Å². The van der Waals surface area contributed by atoms with E-state index in [0.717, 1.165) is 25.8 Å². The third-order valence-corrected chi connectivity index (χ3v) is 4.56. The molecule has 0 fully saturated rings. The summed E-state index contributed by atoms with van der Waals surface area (Å²) in [7, 11) is 1.60. The van der Waals surface area contributed by atoms with Gasteiger partial charge in [0.15, 0.2) is 6.10 Å². The summed E-state index contributed by atoms with van der Waals surface area (Å²) in [5.41, 5.74) is 4.40. The van der Waals surface area contributed by atoms with Gasteiger partial charge in [0, 0.05) is 0 Å². The highest BCUT2D eigenvalue weighted by Crippen LogP contribution is 2.27. The Kier molecular flexibility index (Phi) is 7.01. The van der Waals surface area contributed by atoms with Crippen LogP contribution in [-0.2, 0) is 4.79 Å². The predicted octanol–water partition coefficient (Wildman–Crippen LogP) is 4.45. The Morgan fingerprint density at radius 3 is 2.48 bits per heavy atom. The molecule has 0 saturated heterocycles. The number of halogens is 2. The Labute approximate surface area is 163 Å². The Balaban J connectivity index is 1.93. The van der Waals surface area contributed by atoms with E-state index >= 15 is 0 Å². The first-order valence-corrected chi connectivity index (χ1v) is 9.08. The van der Waals surface area contributed by atoms with Gasteiger partial charge < -0.3 is 9.47 Å². The van der Waals surface area contributed by atoms with E-state index in [2.05, 4.69) is 42.4 Å². The molecule has 0 bridgehead atoms. The van der Waals surface area contributed by atoms with Crippen molar-refractivity contribution in [3.05, 3.63) is 56.5 Å². The van der Waals surface area contributed by atoms with Gasteiger partial charge in [-0.25, -0.2) is 5.43 Å². The molecule has 25 heavy (non-hydrogen) atoms. The van der Waals surface area contributed by atoms with Crippen molar-refractivity contribution in [1.29, 1.82) is 0 Å². The Bertz CT molecular complexity index is 794. The van der Waals surface area contributed by atoms with Gasteiger partial charge in [0.2, 0.25) is 0 Å². The lowest BCUT2D eigenvalue weighted by Crippen LogP contribution is -2.33. The van der Waals surface area contributed by atoms with Gasteiger partial charge in [0.1, 0.15) is 11.5 Å². The summed E-state index contributed by atoms with van der Waals surface area (Å²) in [4.78, 5) is 12.1. The smallest absolute Gasteiger partial charge is 0.280 e. The Morgan fingerprint density at radius 1 is 1.16 bits per heavy atom. The molecule has 0 aromatic heterocycles. The van der Waals surface area contributed by atoms with Crippen LogP contribution < -0.4 is 14.9 Å². The monoisotopic (exact) mass is 468 g/mol. The summed E-state index contributed by atoms with van der Waals surface area (Å²) in [5, 5.41) is 3.96. The molecule has 1 unspecified atom stereocenters. The fourth-order valence-electron chi connectivity index (χ4n) is 1.97. The molecule has 0 aliphatic heterocycles. The number of carbonyl (C=O) groups excluding carboxylic acids is 1. The molecule has 0 saturated carbocycles. The summed E-state index contributed by atoms with van der Waals surface area (Å²) < 4.78 is 12.4. The molecule has 0 radical (unpaired) electrons. The molecule has 0 heterocycles. The van der Waals surface area contributed by atoms with Gasteiger partial charge in [-0.15, -0.1) is 0 Å². The average molecular weight is 470 g/mol. The summed E-state index contributed by atoms with van der Waals surface area (Å²) in [6.45, 7) is 3.65. The fraction of sp³-hybridized carbons (Fsp3) is 0.222. The molecule has 0 spiro atoms. The van der Waals surface area contributed by atoms with Crippen molar-refractivity contribution in [3.8, 4) is 11.5 Å². The van der Waals surface area contributed by atoms with Crippen molar-refractivity contribution >= 4 is 44.0 Å². The van der Waals surface area contributed by atoms with Crippen molar-refractivity contribution in [3.63, 3.8) is 0 Å². The molecule has 1 N–H and O–H groups in total. The summed E-state index contributed by atoms with van der Waals surface area (Å²) in [5.74, 6) is 1.000. The lowest BCUT2D eigenvalue weighted by molar-refractivity contribution is -0.127. The predicted molar refractivity (Wildman–Crippen MR) is 105 cm³/mol. The van der Waals surface area contributed by atoms with Crippen LogP contribution in [0.3, 0.4) is 0 Å². The molecule has 132 valence electrons. The van der Waals surface area contributed by atoms with Gasteiger partial charge in [0.25, 0.3) is 5.91 Å². The lowest BCUT2D eigenvalue weighted by atomic mass is 10.2. The third kappa shape index (κ3) is 5.57. The number of hydrogen-bond donors (Lipinski definition) is 1. The number of methoxy groups -OCH3 is 1. The van der Waals surface area contributed by atoms with Crippen molar-refractivity contribution in [1.82, 2.24) is 5.43 Å². The number of benzene rings is 2. The number of rotatable bonds is 6. The van der Waals surface area contributed by atoms with E-state index in [0.29, 0.717) is 5.75 Å². The number of hydrogen-bond acceptors (Lipinski definition) is 4. The van der Waals surface area contributed by atoms with E-state index in [1.165, 1.54) is 0 Å². The quantitative estimate of drug-likeness (QED) is 0.502. The number of ether oxygens (including phenoxy) is 2. The Morgan fingerprint density at radius 2 is 1.84 bits per heavy atom. The number of nitrogens with zero attached hydrogens (tertiary/aromatic N) is 1. The van der Waals surface area contributed by atoms with Crippen LogP contribution in [0.2, 0.25) is 0 Å². The molecule has 2 aromatic rings. The lowest BCUT2D eigenvalue weighted by Gasteiger charge is -2.14. The molecule has 7 heteroatoms. The molecule has 1 atom stereocenters. The van der Waals surface area contributed by atoms with Gasteiger partial charge in [-0.2, -0.15) is 5.10 Å². The van der Waals surface area contributed by atoms with Crippen LogP contribution in [0.1, 0.15) is 18.1 Å². The zero-order valence-corrected chi connectivity index (χ0v) is 17.2. The van der Waals surface area contributed by atoms with E-state index in [1.54, 1.807) is 20.2 Å². The van der Waals surface area contributed by atoms with E-state index in [4.69, 9.17) is 9.47 Å². The van der Waals surface area contributed by atoms with Crippen LogP contribution in [0, 0.1) is 6.92 Å². The second kappa shape index (κ2) is 9.01. The minimum absolute atomic E-state index is 0.337. The first-order valence-electron chi connectivity index (χ1n) is 7.50. The van der Waals surface area contributed by atoms with Crippen LogP contribution in [0.4, 0.5) is 0 Å². The highest BCUT2D eigenvalue weighted by Gasteiger charge is 2.15. The van der Waals surface area contributed by atoms with Crippen LogP contribution in [-0.4, -0.2) is 25.3 Å². The van der Waals surface area contributed by atoms with Gasteiger partial charge >= 0.3 is 0 Å². The molecular weight excluding hydrogens is 452 g/mol. The largest absolute Gasteiger partial charge is 0.496 e. The number of carbonyl (C=O) groups is 1.